The van der Waals surface area contributed by atoms with Gasteiger partial charge in [0.2, 0.25) is 10.0 Å². The predicted octanol–water partition coefficient (Wildman–Crippen LogP) is 3.09. The molecule has 0 aromatic heterocycles. The van der Waals surface area contributed by atoms with Gasteiger partial charge in [0.05, 0.1) is 15.5 Å². The molecular formula is C14H20ClNO4S. The number of rotatable bonds is 7. The van der Waals surface area contributed by atoms with Crippen molar-refractivity contribution >= 4 is 27.6 Å². The predicted molar refractivity (Wildman–Crippen MR) is 82.3 cm³/mol. The van der Waals surface area contributed by atoms with Crippen LogP contribution in [0.5, 0.6) is 0 Å². The number of carboxylic acid groups (broad SMARTS) is 1. The summed E-state index contributed by atoms with van der Waals surface area (Å²) in [6, 6.07) is 3.69. The molecule has 118 valence electrons. The zero-order chi connectivity index (χ0) is 16.2. The maximum Gasteiger partial charge on any atom is 0.337 e. The van der Waals surface area contributed by atoms with E-state index in [0.29, 0.717) is 13.1 Å². The normalized spacial score (nSPS) is 13.4. The third-order valence-electron chi connectivity index (χ3n) is 3.37. The van der Waals surface area contributed by atoms with E-state index in [1.54, 1.807) is 6.92 Å². The highest BCUT2D eigenvalue weighted by atomic mass is 35.5. The zero-order valence-electron chi connectivity index (χ0n) is 12.3. The molecule has 1 unspecified atom stereocenters. The minimum atomic E-state index is -3.67. The molecule has 0 saturated carbocycles. The number of aromatic carboxylic acids is 1. The molecule has 0 amide bonds. The van der Waals surface area contributed by atoms with E-state index in [4.69, 9.17) is 16.7 Å². The molecule has 0 saturated heterocycles. The molecule has 0 heterocycles. The first-order valence-corrected chi connectivity index (χ1v) is 8.58. The number of nitrogens with zero attached hydrogens (tertiary/aromatic N) is 1. The summed E-state index contributed by atoms with van der Waals surface area (Å²) in [6.07, 6.45) is 0.880. The van der Waals surface area contributed by atoms with Crippen LogP contribution in [-0.2, 0) is 10.0 Å². The summed E-state index contributed by atoms with van der Waals surface area (Å²) < 4.78 is 26.5. The summed E-state index contributed by atoms with van der Waals surface area (Å²) in [4.78, 5) is 10.9. The molecule has 7 heteroatoms. The topological polar surface area (TPSA) is 74.7 Å². The van der Waals surface area contributed by atoms with Gasteiger partial charge in [-0.15, -0.1) is 0 Å². The van der Waals surface area contributed by atoms with Gasteiger partial charge in [-0.05, 0) is 24.1 Å². The van der Waals surface area contributed by atoms with Gasteiger partial charge >= 0.3 is 5.97 Å². The number of halogens is 1. The Bertz CT molecular complexity index is 615. The van der Waals surface area contributed by atoms with Crippen molar-refractivity contribution in [2.45, 2.75) is 32.1 Å². The van der Waals surface area contributed by atoms with Crippen LogP contribution in [0.1, 0.15) is 37.6 Å². The summed E-state index contributed by atoms with van der Waals surface area (Å²) in [5, 5.41) is 8.84. The monoisotopic (exact) mass is 333 g/mol. The van der Waals surface area contributed by atoms with Crippen molar-refractivity contribution < 1.29 is 18.3 Å². The number of sulfonamides is 1. The van der Waals surface area contributed by atoms with Crippen molar-refractivity contribution in [3.8, 4) is 0 Å². The fourth-order valence-corrected chi connectivity index (χ4v) is 3.77. The third-order valence-corrected chi connectivity index (χ3v) is 5.62. The zero-order valence-corrected chi connectivity index (χ0v) is 13.9. The Morgan fingerprint density at radius 3 is 2.43 bits per heavy atom. The van der Waals surface area contributed by atoms with Crippen LogP contribution in [-0.4, -0.2) is 36.9 Å². The van der Waals surface area contributed by atoms with E-state index in [1.807, 2.05) is 13.8 Å². The molecule has 0 radical (unpaired) electrons. The van der Waals surface area contributed by atoms with E-state index < -0.39 is 16.0 Å². The van der Waals surface area contributed by atoms with Crippen LogP contribution >= 0.6 is 11.6 Å². The first kappa shape index (κ1) is 17.9. The van der Waals surface area contributed by atoms with Gasteiger partial charge in [0.15, 0.2) is 0 Å². The molecule has 0 fully saturated rings. The van der Waals surface area contributed by atoms with Crippen LogP contribution < -0.4 is 0 Å². The Labute approximate surface area is 130 Å². The summed E-state index contributed by atoms with van der Waals surface area (Å²) in [5.74, 6) is -0.940. The summed E-state index contributed by atoms with van der Waals surface area (Å²) in [5.41, 5.74) is -0.111. The molecule has 0 bridgehead atoms. The van der Waals surface area contributed by atoms with Gasteiger partial charge in [-0.2, -0.15) is 4.31 Å². The van der Waals surface area contributed by atoms with Gasteiger partial charge in [-0.25, -0.2) is 13.2 Å². The minimum absolute atomic E-state index is 0.0163. The molecule has 1 atom stereocenters. The van der Waals surface area contributed by atoms with Crippen molar-refractivity contribution in [1.29, 1.82) is 0 Å². The second kappa shape index (κ2) is 7.24. The van der Waals surface area contributed by atoms with Crippen LogP contribution in [0.2, 0.25) is 5.02 Å². The molecule has 1 N–H and O–H groups in total. The second-order valence-corrected chi connectivity index (χ2v) is 7.26. The molecule has 0 aliphatic carbocycles. The molecular weight excluding hydrogens is 314 g/mol. The number of carboxylic acids is 1. The van der Waals surface area contributed by atoms with Crippen LogP contribution in [0.3, 0.4) is 0 Å². The van der Waals surface area contributed by atoms with Crippen LogP contribution in [0.4, 0.5) is 0 Å². The Morgan fingerprint density at radius 1 is 1.38 bits per heavy atom. The van der Waals surface area contributed by atoms with Crippen LogP contribution in [0.15, 0.2) is 23.1 Å². The molecule has 1 aromatic carbocycles. The molecule has 0 aliphatic heterocycles. The smallest absolute Gasteiger partial charge is 0.337 e. The first-order valence-electron chi connectivity index (χ1n) is 6.77. The third kappa shape index (κ3) is 4.18. The van der Waals surface area contributed by atoms with Gasteiger partial charge in [0.1, 0.15) is 0 Å². The van der Waals surface area contributed by atoms with Crippen molar-refractivity contribution in [1.82, 2.24) is 4.31 Å². The molecule has 0 aliphatic rings. The molecule has 5 nitrogen and oxygen atoms in total. The van der Waals surface area contributed by atoms with Crippen molar-refractivity contribution in [2.75, 3.05) is 13.1 Å². The molecule has 1 aromatic rings. The standard InChI is InChI=1S/C14H20ClNO4S/c1-4-10(3)9-16(5-2)21(19,20)11-6-7-12(14(17)18)13(15)8-11/h6-8,10H,4-5,9H2,1-3H3,(H,17,18). The molecule has 0 spiro atoms. The maximum absolute atomic E-state index is 12.6. The summed E-state index contributed by atoms with van der Waals surface area (Å²) in [7, 11) is -3.67. The Hall–Kier alpha value is -1.11. The highest BCUT2D eigenvalue weighted by molar-refractivity contribution is 7.89. The number of benzene rings is 1. The lowest BCUT2D eigenvalue weighted by atomic mass is 10.1. The average molecular weight is 334 g/mol. The minimum Gasteiger partial charge on any atom is -0.478 e. The average Bonchev–Trinajstić information content (AvgIpc) is 2.43. The summed E-state index contributed by atoms with van der Waals surface area (Å²) >= 11 is 5.85. The molecule has 1 rings (SSSR count). The fourth-order valence-electron chi connectivity index (χ4n) is 1.85. The van der Waals surface area contributed by atoms with Gasteiger partial charge in [-0.3, -0.25) is 0 Å². The second-order valence-electron chi connectivity index (χ2n) is 4.92. The number of hydrogen-bond donors (Lipinski definition) is 1. The van der Waals surface area contributed by atoms with Crippen molar-refractivity contribution in [3.05, 3.63) is 28.8 Å². The highest BCUT2D eigenvalue weighted by Gasteiger charge is 2.25. The van der Waals surface area contributed by atoms with Crippen molar-refractivity contribution in [3.63, 3.8) is 0 Å². The molecule has 21 heavy (non-hydrogen) atoms. The van der Waals surface area contributed by atoms with E-state index in [9.17, 15) is 13.2 Å². The van der Waals surface area contributed by atoms with Crippen LogP contribution in [0, 0.1) is 5.92 Å². The van der Waals surface area contributed by atoms with Gasteiger partial charge < -0.3 is 5.11 Å². The van der Waals surface area contributed by atoms with E-state index in [1.165, 1.54) is 22.5 Å². The highest BCUT2D eigenvalue weighted by Crippen LogP contribution is 2.24. The van der Waals surface area contributed by atoms with Gasteiger partial charge in [-0.1, -0.05) is 38.8 Å². The summed E-state index contributed by atoms with van der Waals surface area (Å²) in [6.45, 7) is 6.54. The largest absolute Gasteiger partial charge is 0.478 e. The van der Waals surface area contributed by atoms with Gasteiger partial charge in [0.25, 0.3) is 0 Å². The van der Waals surface area contributed by atoms with E-state index in [0.717, 1.165) is 6.42 Å². The van der Waals surface area contributed by atoms with Gasteiger partial charge in [0, 0.05) is 13.1 Å². The SMILES string of the molecule is CCC(C)CN(CC)S(=O)(=O)c1ccc(C(=O)O)c(Cl)c1. The first-order chi connectivity index (χ1) is 9.73. The van der Waals surface area contributed by atoms with Crippen LogP contribution in [0.25, 0.3) is 0 Å². The lowest BCUT2D eigenvalue weighted by Crippen LogP contribution is -2.34. The van der Waals surface area contributed by atoms with E-state index in [2.05, 4.69) is 0 Å². The Kier molecular flexibility index (Phi) is 6.19. The van der Waals surface area contributed by atoms with Crippen molar-refractivity contribution in [2.24, 2.45) is 5.92 Å². The lowest BCUT2D eigenvalue weighted by Gasteiger charge is -2.23. The maximum atomic E-state index is 12.6. The van der Waals surface area contributed by atoms with E-state index >= 15 is 0 Å². The van der Waals surface area contributed by atoms with E-state index in [-0.39, 0.29) is 21.4 Å². The fraction of sp³-hybridized carbons (Fsp3) is 0.500. The number of hydrogen-bond acceptors (Lipinski definition) is 3. The lowest BCUT2D eigenvalue weighted by molar-refractivity contribution is 0.0697. The quantitative estimate of drug-likeness (QED) is 0.832. The number of carbonyl (C=O) groups is 1. The Balaban J connectivity index is 3.17. The Morgan fingerprint density at radius 2 is 2.00 bits per heavy atom.